The monoisotopic (exact) mass is 431 g/mol. The van der Waals surface area contributed by atoms with Gasteiger partial charge in [-0.25, -0.2) is 0 Å². The molecule has 0 amide bonds. The van der Waals surface area contributed by atoms with Crippen LogP contribution < -0.4 is 21.3 Å². The van der Waals surface area contributed by atoms with E-state index in [0.29, 0.717) is 24.2 Å². The first-order chi connectivity index (χ1) is 14.8. The second-order valence-corrected chi connectivity index (χ2v) is 10.5. The van der Waals surface area contributed by atoms with Crippen LogP contribution in [-0.4, -0.2) is 48.0 Å². The Labute approximate surface area is 187 Å². The van der Waals surface area contributed by atoms with Gasteiger partial charge in [-0.05, 0) is 50.0 Å². The van der Waals surface area contributed by atoms with E-state index in [4.69, 9.17) is 4.98 Å². The number of fused-ring (bicyclic) bond motifs is 4. The molecule has 2 aliphatic carbocycles. The van der Waals surface area contributed by atoms with Gasteiger partial charge in [-0.15, -0.1) is 11.8 Å². The van der Waals surface area contributed by atoms with Gasteiger partial charge in [0.2, 0.25) is 0 Å². The molecule has 0 radical (unpaired) electrons. The van der Waals surface area contributed by atoms with Gasteiger partial charge in [0.15, 0.2) is 0 Å². The molecule has 4 N–H and O–H groups in total. The summed E-state index contributed by atoms with van der Waals surface area (Å²) >= 11 is 1.97. The van der Waals surface area contributed by atoms with E-state index in [9.17, 15) is 0 Å². The van der Waals surface area contributed by atoms with Crippen LogP contribution in [0.2, 0.25) is 0 Å². The molecule has 2 saturated carbocycles. The van der Waals surface area contributed by atoms with Crippen molar-refractivity contribution in [3.63, 3.8) is 0 Å². The Morgan fingerprint density at radius 2 is 1.23 bits per heavy atom. The minimum Gasteiger partial charge on any atom is -0.311 e. The molecule has 4 unspecified atom stereocenters. The smallest absolute Gasteiger partial charge is 0.0556 e. The van der Waals surface area contributed by atoms with E-state index in [1.807, 2.05) is 11.8 Å². The molecule has 0 spiro atoms. The zero-order valence-electron chi connectivity index (χ0n) is 18.7. The number of nitrogens with zero attached hydrogens (tertiary/aromatic N) is 1. The summed E-state index contributed by atoms with van der Waals surface area (Å²) in [6, 6.07) is 6.91. The first-order valence-electron chi connectivity index (χ1n) is 12.4. The van der Waals surface area contributed by atoms with Crippen molar-refractivity contribution in [3.8, 4) is 0 Å². The normalized spacial score (nSPS) is 31.1. The predicted molar refractivity (Wildman–Crippen MR) is 127 cm³/mol. The van der Waals surface area contributed by atoms with Crippen molar-refractivity contribution >= 4 is 11.8 Å². The van der Waals surface area contributed by atoms with E-state index >= 15 is 0 Å². The Balaban J connectivity index is 1.52. The van der Waals surface area contributed by atoms with E-state index < -0.39 is 0 Å². The summed E-state index contributed by atoms with van der Waals surface area (Å²) in [5.41, 5.74) is 2.40. The second kappa shape index (κ2) is 11.8. The lowest BCUT2D eigenvalue weighted by Gasteiger charge is -2.34. The minimum absolute atomic E-state index is 0.557. The van der Waals surface area contributed by atoms with Crippen LogP contribution in [0, 0.1) is 0 Å². The van der Waals surface area contributed by atoms with Crippen molar-refractivity contribution in [2.24, 2.45) is 0 Å². The molecule has 1 aliphatic heterocycles. The van der Waals surface area contributed by atoms with Crippen LogP contribution in [0.5, 0.6) is 0 Å². The number of aromatic nitrogens is 1. The molecule has 0 aromatic carbocycles. The summed E-state index contributed by atoms with van der Waals surface area (Å²) in [6.45, 7) is 6.14. The minimum atomic E-state index is 0.557. The third-order valence-electron chi connectivity index (χ3n) is 6.94. The van der Waals surface area contributed by atoms with Crippen molar-refractivity contribution in [3.05, 3.63) is 23.5 Å². The Morgan fingerprint density at radius 3 is 1.70 bits per heavy atom. The summed E-state index contributed by atoms with van der Waals surface area (Å²) in [4.78, 5) is 6.42. The van der Waals surface area contributed by atoms with Crippen LogP contribution >= 0.6 is 11.8 Å². The third-order valence-corrected chi connectivity index (χ3v) is 8.12. The molecule has 4 rings (SSSR count). The number of rotatable bonds is 3. The number of hydrogen-bond acceptors (Lipinski definition) is 6. The molecular weight excluding hydrogens is 390 g/mol. The van der Waals surface area contributed by atoms with Crippen molar-refractivity contribution < 1.29 is 0 Å². The fourth-order valence-corrected chi connectivity index (χ4v) is 6.21. The summed E-state index contributed by atoms with van der Waals surface area (Å²) in [7, 11) is 0. The van der Waals surface area contributed by atoms with Gasteiger partial charge in [-0.1, -0.05) is 32.6 Å². The maximum absolute atomic E-state index is 5.05. The van der Waals surface area contributed by atoms with Crippen molar-refractivity contribution in [2.75, 3.05) is 18.8 Å². The molecule has 3 aliphatic rings. The lowest BCUT2D eigenvalue weighted by atomic mass is 9.89. The Morgan fingerprint density at radius 1 is 0.767 bits per heavy atom. The van der Waals surface area contributed by atoms with E-state index in [1.54, 1.807) is 0 Å². The molecule has 30 heavy (non-hydrogen) atoms. The van der Waals surface area contributed by atoms with Crippen LogP contribution in [0.25, 0.3) is 0 Å². The van der Waals surface area contributed by atoms with E-state index in [0.717, 1.165) is 26.2 Å². The molecule has 4 atom stereocenters. The van der Waals surface area contributed by atoms with Gasteiger partial charge in [-0.2, -0.15) is 0 Å². The zero-order chi connectivity index (χ0) is 20.6. The Bertz CT molecular complexity index is 606. The molecule has 6 heteroatoms. The number of thioether (sulfide) groups is 1. The van der Waals surface area contributed by atoms with Gasteiger partial charge in [0.05, 0.1) is 11.4 Å². The van der Waals surface area contributed by atoms with Crippen LogP contribution in [0.15, 0.2) is 17.0 Å². The fourth-order valence-electron chi connectivity index (χ4n) is 5.33. The van der Waals surface area contributed by atoms with Crippen molar-refractivity contribution in [2.45, 2.75) is 107 Å². The zero-order valence-corrected chi connectivity index (χ0v) is 19.5. The van der Waals surface area contributed by atoms with Crippen LogP contribution in [0.3, 0.4) is 0 Å². The van der Waals surface area contributed by atoms with Gasteiger partial charge in [0.25, 0.3) is 0 Å². The molecule has 5 nitrogen and oxygen atoms in total. The number of nitrogens with one attached hydrogen (secondary N) is 4. The lowest BCUT2D eigenvalue weighted by Crippen LogP contribution is -2.53. The van der Waals surface area contributed by atoms with E-state index in [2.05, 4.69) is 40.3 Å². The van der Waals surface area contributed by atoms with Crippen molar-refractivity contribution in [1.82, 2.24) is 26.3 Å². The van der Waals surface area contributed by atoms with Gasteiger partial charge >= 0.3 is 0 Å². The molecule has 2 fully saturated rings. The highest BCUT2D eigenvalue weighted by atomic mass is 32.2. The number of hydrogen-bond donors (Lipinski definition) is 4. The summed E-state index contributed by atoms with van der Waals surface area (Å²) in [6.07, 6.45) is 11.7. The predicted octanol–water partition coefficient (Wildman–Crippen LogP) is 3.58. The maximum Gasteiger partial charge on any atom is 0.0556 e. The Hall–Kier alpha value is -0.660. The van der Waals surface area contributed by atoms with Gasteiger partial charge in [-0.3, -0.25) is 4.98 Å². The largest absolute Gasteiger partial charge is 0.311 e. The van der Waals surface area contributed by atoms with Crippen LogP contribution in [-0.2, 0) is 13.1 Å². The highest BCUT2D eigenvalue weighted by molar-refractivity contribution is 7.99. The first-order valence-corrected chi connectivity index (χ1v) is 13.4. The quantitative estimate of drug-likeness (QED) is 0.549. The summed E-state index contributed by atoms with van der Waals surface area (Å²) in [5, 5.41) is 15.4. The summed E-state index contributed by atoms with van der Waals surface area (Å²) < 4.78 is 0. The summed E-state index contributed by atoms with van der Waals surface area (Å²) in [5.74, 6) is 1.17. The SMILES string of the molecule is CCCSc1cc2nc(c1)CNC1CCCCC1NCCNC1CCCCC1NC2. The molecule has 0 saturated heterocycles. The molecular formula is C24H41N5S. The topological polar surface area (TPSA) is 61.0 Å². The third kappa shape index (κ3) is 6.42. The molecule has 2 heterocycles. The number of pyridine rings is 1. The highest BCUT2D eigenvalue weighted by Gasteiger charge is 2.26. The van der Waals surface area contributed by atoms with Gasteiger partial charge < -0.3 is 21.3 Å². The standard InChI is InChI=1S/C24H41N5S/c1-2-13-30-20-14-18-16-27-23-9-5-3-7-21(23)25-11-12-26-22-8-4-6-10-24(22)28-17-19(15-20)29-18/h14-15,21-28H,2-13,16-17H2,1H3. The van der Waals surface area contributed by atoms with Crippen LogP contribution in [0.4, 0.5) is 0 Å². The van der Waals surface area contributed by atoms with Crippen molar-refractivity contribution in [1.29, 1.82) is 0 Å². The fraction of sp³-hybridized carbons (Fsp3) is 0.792. The molecule has 2 bridgehead atoms. The average Bonchev–Trinajstić information content (AvgIpc) is 2.79. The first kappa shape index (κ1) is 22.5. The Kier molecular flexibility index (Phi) is 8.87. The van der Waals surface area contributed by atoms with E-state index in [1.165, 1.54) is 79.8 Å². The maximum atomic E-state index is 5.05. The van der Waals surface area contributed by atoms with Gasteiger partial charge in [0.1, 0.15) is 0 Å². The highest BCUT2D eigenvalue weighted by Crippen LogP contribution is 2.24. The molecule has 1 aromatic rings. The van der Waals surface area contributed by atoms with Crippen LogP contribution in [0.1, 0.15) is 76.1 Å². The molecule has 1 aromatic heterocycles. The average molecular weight is 432 g/mol. The van der Waals surface area contributed by atoms with Gasteiger partial charge in [0, 0.05) is 55.2 Å². The molecule has 168 valence electrons. The lowest BCUT2D eigenvalue weighted by molar-refractivity contribution is 0.266. The second-order valence-electron chi connectivity index (χ2n) is 9.30. The van der Waals surface area contributed by atoms with E-state index in [-0.39, 0.29) is 0 Å².